The van der Waals surface area contributed by atoms with Gasteiger partial charge in [-0.15, -0.1) is 0 Å². The number of benzene rings is 2. The largest absolute Gasteiger partial charge is 0.431 e. The van der Waals surface area contributed by atoms with Crippen LogP contribution in [0.5, 0.6) is 0 Å². The van der Waals surface area contributed by atoms with Crippen molar-refractivity contribution >= 4 is 35.1 Å². The van der Waals surface area contributed by atoms with Crippen molar-refractivity contribution in [2.45, 2.75) is 205 Å². The number of ketones is 4. The van der Waals surface area contributed by atoms with Gasteiger partial charge < -0.3 is 9.47 Å². The van der Waals surface area contributed by atoms with E-state index in [2.05, 4.69) is 55.4 Å². The quantitative estimate of drug-likeness (QED) is 0.0404. The van der Waals surface area contributed by atoms with Crippen LogP contribution in [0.2, 0.25) is 0 Å². The van der Waals surface area contributed by atoms with Gasteiger partial charge in [-0.25, -0.2) is 0 Å². The summed E-state index contributed by atoms with van der Waals surface area (Å²) in [5.41, 5.74) is 2.96. The molecule has 0 N–H and O–H groups in total. The minimum Gasteiger partial charge on any atom is -0.431 e. The van der Waals surface area contributed by atoms with Gasteiger partial charge in [0.15, 0.2) is 29.1 Å². The lowest BCUT2D eigenvalue weighted by atomic mass is 9.83. The van der Waals surface area contributed by atoms with Gasteiger partial charge in [0, 0.05) is 57.4 Å². The van der Waals surface area contributed by atoms with Crippen LogP contribution in [0.1, 0.15) is 246 Å². The fourth-order valence-electron chi connectivity index (χ4n) is 10.2. The van der Waals surface area contributed by atoms with Gasteiger partial charge in [-0.1, -0.05) is 194 Å². The van der Waals surface area contributed by atoms with E-state index in [0.717, 1.165) is 50.4 Å². The van der Waals surface area contributed by atoms with Gasteiger partial charge in [-0.05, 0) is 94.1 Å². The minimum atomic E-state index is -1.30. The van der Waals surface area contributed by atoms with Crippen LogP contribution in [0.15, 0.2) is 94.5 Å². The molecule has 0 saturated carbocycles. The van der Waals surface area contributed by atoms with Crippen LogP contribution in [-0.2, 0) is 19.1 Å². The Morgan fingerprint density at radius 2 is 0.694 bits per heavy atom. The number of hydrogen-bond acceptors (Lipinski definition) is 8. The van der Waals surface area contributed by atoms with Crippen LogP contribution >= 0.6 is 0 Å². The Hall–Kier alpha value is -4.98. The first kappa shape index (κ1) is 59.6. The number of Topliss-reactive ketones (excluding diaryl/α,β-unsaturated/α-hetero) is 4. The summed E-state index contributed by atoms with van der Waals surface area (Å²) in [6.07, 6.45) is 22.4. The van der Waals surface area contributed by atoms with Gasteiger partial charge in [-0.2, -0.15) is 0 Å². The van der Waals surface area contributed by atoms with Gasteiger partial charge in [0.2, 0.25) is 0 Å². The van der Waals surface area contributed by atoms with Crippen molar-refractivity contribution in [3.63, 3.8) is 0 Å². The molecule has 72 heavy (non-hydrogen) atoms. The second-order valence-electron chi connectivity index (χ2n) is 22.6. The molecule has 8 nitrogen and oxygen atoms in total. The predicted molar refractivity (Wildman–Crippen MR) is 292 cm³/mol. The van der Waals surface area contributed by atoms with Gasteiger partial charge in [0.25, 0.3) is 0 Å². The molecule has 4 unspecified atom stereocenters. The van der Waals surface area contributed by atoms with E-state index in [-0.39, 0.29) is 36.0 Å². The molecule has 0 aliphatic heterocycles. The maximum absolute atomic E-state index is 14.0. The van der Waals surface area contributed by atoms with Crippen molar-refractivity contribution in [1.29, 1.82) is 0 Å². The molecule has 2 aliphatic carbocycles. The van der Waals surface area contributed by atoms with E-state index in [9.17, 15) is 28.8 Å². The first-order valence-corrected chi connectivity index (χ1v) is 27.9. The molecular weight excluding hydrogens is 897 g/mol. The number of allylic oxidation sites excluding steroid dienone is 8. The third kappa shape index (κ3) is 18.8. The molecule has 394 valence electrons. The summed E-state index contributed by atoms with van der Waals surface area (Å²) in [5.74, 6) is 0.834. The summed E-state index contributed by atoms with van der Waals surface area (Å²) in [7, 11) is 0. The van der Waals surface area contributed by atoms with Crippen LogP contribution in [0.3, 0.4) is 0 Å². The van der Waals surface area contributed by atoms with Crippen molar-refractivity contribution in [2.24, 2.45) is 41.4 Å². The van der Waals surface area contributed by atoms with Crippen molar-refractivity contribution < 1.29 is 38.2 Å². The highest BCUT2D eigenvalue weighted by molar-refractivity contribution is 6.27. The van der Waals surface area contributed by atoms with E-state index in [0.29, 0.717) is 92.6 Å². The fourth-order valence-corrected chi connectivity index (χ4v) is 10.2. The Morgan fingerprint density at radius 1 is 0.417 bits per heavy atom. The smallest absolute Gasteiger partial charge is 0.325 e. The predicted octanol–water partition coefficient (Wildman–Crippen LogP) is 16.9. The summed E-state index contributed by atoms with van der Waals surface area (Å²) < 4.78 is 12.1. The van der Waals surface area contributed by atoms with Crippen molar-refractivity contribution in [3.05, 3.63) is 117 Å². The van der Waals surface area contributed by atoms with Crippen molar-refractivity contribution in [2.75, 3.05) is 0 Å². The van der Waals surface area contributed by atoms with Crippen LogP contribution < -0.4 is 0 Å². The SMILES string of the molecule is CC1=C(C/C=C(\CCCC(C)CCCC(C)CCCC(C)C)OC(=O)C(C)C(=O)O/C(=C/CC2=C(C)C(=O)c3ccccc3C2=O)CCCC(C)CCCC(C)CCCC(C)C)C(=O)c2ccccc2C1=O. The second kappa shape index (κ2) is 30.3. The second-order valence-corrected chi connectivity index (χ2v) is 22.6. The van der Waals surface area contributed by atoms with Gasteiger partial charge in [0.05, 0.1) is 0 Å². The molecule has 2 aromatic rings. The molecule has 8 heteroatoms. The number of hydrogen-bond donors (Lipinski definition) is 0. The molecular formula is C64H90O8. The van der Waals surface area contributed by atoms with Gasteiger partial charge >= 0.3 is 11.9 Å². The zero-order valence-electron chi connectivity index (χ0n) is 46.2. The first-order chi connectivity index (χ1) is 34.3. The lowest BCUT2D eigenvalue weighted by Gasteiger charge is -2.20. The Morgan fingerprint density at radius 3 is 1.00 bits per heavy atom. The Bertz CT molecular complexity index is 2140. The van der Waals surface area contributed by atoms with Crippen LogP contribution in [0, 0.1) is 41.4 Å². The average molecular weight is 987 g/mol. The lowest BCUT2D eigenvalue weighted by molar-refractivity contribution is -0.156. The van der Waals surface area contributed by atoms with E-state index in [1.807, 2.05) is 0 Å². The maximum Gasteiger partial charge on any atom is 0.325 e. The standard InChI is InChI=1S/C64H90O8/c1-42(2)22-16-24-44(5)26-18-28-46(7)30-20-32-51(38-40-53-48(9)59(65)55-34-12-14-36-57(55)61(53)67)71-63(69)50(11)64(70)72-52(33-21-31-47(8)29-19-27-45(6)25-17-23-43(3)4)39-41-54-49(10)60(66)56-35-13-15-37-58(56)62(54)68/h12-15,34-39,42-47,50H,16-33,40-41H2,1-11H3/b51-38+,52-39+. The topological polar surface area (TPSA) is 121 Å². The summed E-state index contributed by atoms with van der Waals surface area (Å²) in [5, 5.41) is 0. The van der Waals surface area contributed by atoms with Crippen molar-refractivity contribution in [3.8, 4) is 0 Å². The number of carbonyl (C=O) groups excluding carboxylic acids is 6. The van der Waals surface area contributed by atoms with E-state index in [1.165, 1.54) is 71.1 Å². The third-order valence-corrected chi connectivity index (χ3v) is 15.2. The lowest BCUT2D eigenvalue weighted by Crippen LogP contribution is -2.25. The van der Waals surface area contributed by atoms with Gasteiger partial charge in [0.1, 0.15) is 11.5 Å². The Labute approximate surface area is 434 Å². The molecule has 2 aliphatic rings. The van der Waals surface area contributed by atoms with Crippen LogP contribution in [-0.4, -0.2) is 35.1 Å². The zero-order chi connectivity index (χ0) is 52.9. The molecule has 0 bridgehead atoms. The van der Waals surface area contributed by atoms with Crippen LogP contribution in [0.25, 0.3) is 0 Å². The highest BCUT2D eigenvalue weighted by Crippen LogP contribution is 2.32. The van der Waals surface area contributed by atoms with E-state index in [1.54, 1.807) is 74.5 Å². The molecule has 0 radical (unpaired) electrons. The molecule has 0 saturated heterocycles. The molecule has 0 amide bonds. The molecule has 0 fully saturated rings. The number of esters is 2. The van der Waals surface area contributed by atoms with Crippen molar-refractivity contribution in [1.82, 2.24) is 0 Å². The summed E-state index contributed by atoms with van der Waals surface area (Å²) in [6, 6.07) is 13.7. The minimum absolute atomic E-state index is 0.0973. The average Bonchev–Trinajstić information content (AvgIpc) is 3.34. The molecule has 4 rings (SSSR count). The number of ether oxygens (including phenoxy) is 2. The highest BCUT2D eigenvalue weighted by Gasteiger charge is 2.32. The first-order valence-electron chi connectivity index (χ1n) is 27.9. The normalized spacial score (nSPS) is 16.5. The maximum atomic E-state index is 14.0. The van der Waals surface area contributed by atoms with Gasteiger partial charge in [-0.3, -0.25) is 28.8 Å². The molecule has 4 atom stereocenters. The molecule has 0 heterocycles. The zero-order valence-corrected chi connectivity index (χ0v) is 46.2. The van der Waals surface area contributed by atoms with E-state index >= 15 is 0 Å². The van der Waals surface area contributed by atoms with E-state index in [4.69, 9.17) is 9.47 Å². The molecule has 0 aromatic heterocycles. The van der Waals surface area contributed by atoms with E-state index < -0.39 is 17.9 Å². The molecule has 0 spiro atoms. The summed E-state index contributed by atoms with van der Waals surface area (Å²) >= 11 is 0. The molecule has 2 aromatic carbocycles. The monoisotopic (exact) mass is 987 g/mol. The Kier molecular flexibility index (Phi) is 25.1. The van der Waals surface area contributed by atoms with Crippen LogP contribution in [0.4, 0.5) is 0 Å². The summed E-state index contributed by atoms with van der Waals surface area (Å²) in [4.78, 5) is 82.0. The summed E-state index contributed by atoms with van der Waals surface area (Å²) in [6.45, 7) is 23.1. The number of fused-ring (bicyclic) bond motifs is 2. The third-order valence-electron chi connectivity index (χ3n) is 15.2. The Balaban J connectivity index is 1.47. The number of rotatable bonds is 32. The highest BCUT2D eigenvalue weighted by atomic mass is 16.6. The fraction of sp³-hybridized carbons (Fsp3) is 0.594. The number of carbonyl (C=O) groups is 6.